The molecule has 1 aliphatic rings. The molecule has 2 rings (SSSR count). The fourth-order valence-corrected chi connectivity index (χ4v) is 3.28. The third-order valence-corrected chi connectivity index (χ3v) is 4.76. The summed E-state index contributed by atoms with van der Waals surface area (Å²) in [7, 11) is 1.09. The summed E-state index contributed by atoms with van der Waals surface area (Å²) in [5, 5.41) is 10.7. The Hall–Kier alpha value is -3.11. The minimum absolute atomic E-state index is 0.170. The molecular weight excluding hydrogens is 409 g/mol. The Kier molecular flexibility index (Phi) is 6.43. The SMILES string of the molecule is COc1cc(CN2C(=O)C(C(=O)NCC(=O)O)C(=O)CC2(C)C)ccc1C(F)(F)F. The number of carboxylic acid groups (broad SMARTS) is 1. The first kappa shape index (κ1) is 23.2. The van der Waals surface area contributed by atoms with E-state index < -0.39 is 59.1 Å². The van der Waals surface area contributed by atoms with Crippen LogP contribution in [-0.2, 0) is 31.9 Å². The van der Waals surface area contributed by atoms with Gasteiger partial charge in [0.05, 0.1) is 12.7 Å². The van der Waals surface area contributed by atoms with Gasteiger partial charge in [-0.25, -0.2) is 0 Å². The number of amides is 2. The number of hydrogen-bond donors (Lipinski definition) is 2. The summed E-state index contributed by atoms with van der Waals surface area (Å²) >= 11 is 0. The molecule has 1 aromatic carbocycles. The van der Waals surface area contributed by atoms with Gasteiger partial charge < -0.3 is 20.1 Å². The van der Waals surface area contributed by atoms with Crippen molar-refractivity contribution >= 4 is 23.6 Å². The van der Waals surface area contributed by atoms with Gasteiger partial charge in [-0.05, 0) is 31.5 Å². The standard InChI is InChI=1S/C19H21F3N2O6/c1-18(2)7-12(25)15(16(28)23-8-14(26)27)17(29)24(18)9-10-4-5-11(19(20,21)22)13(6-10)30-3/h4-6,15H,7-9H2,1-3H3,(H,23,28)(H,26,27). The first-order valence-electron chi connectivity index (χ1n) is 8.85. The van der Waals surface area contributed by atoms with Crippen molar-refractivity contribution in [1.29, 1.82) is 0 Å². The van der Waals surface area contributed by atoms with Crippen LogP contribution in [0.4, 0.5) is 13.2 Å². The topological polar surface area (TPSA) is 113 Å². The number of ether oxygens (including phenoxy) is 1. The first-order chi connectivity index (χ1) is 13.8. The van der Waals surface area contributed by atoms with E-state index in [4.69, 9.17) is 9.84 Å². The van der Waals surface area contributed by atoms with Crippen molar-refractivity contribution in [2.45, 2.75) is 38.5 Å². The molecule has 1 atom stereocenters. The number of hydrogen-bond acceptors (Lipinski definition) is 5. The summed E-state index contributed by atoms with van der Waals surface area (Å²) in [6.45, 7) is 2.26. The normalized spacial score (nSPS) is 18.9. The third-order valence-electron chi connectivity index (χ3n) is 4.76. The number of carboxylic acids is 1. The molecule has 2 amide bonds. The van der Waals surface area contributed by atoms with Gasteiger partial charge in [0.1, 0.15) is 12.3 Å². The number of nitrogens with one attached hydrogen (secondary N) is 1. The van der Waals surface area contributed by atoms with Crippen molar-refractivity contribution in [2.75, 3.05) is 13.7 Å². The van der Waals surface area contributed by atoms with Crippen LogP contribution in [0.15, 0.2) is 18.2 Å². The van der Waals surface area contributed by atoms with Crippen LogP contribution in [0.3, 0.4) is 0 Å². The molecule has 0 bridgehead atoms. The second-order valence-electron chi connectivity index (χ2n) is 7.46. The molecule has 11 heteroatoms. The fraction of sp³-hybridized carbons (Fsp3) is 0.474. The first-order valence-corrected chi connectivity index (χ1v) is 8.85. The lowest BCUT2D eigenvalue weighted by atomic mass is 9.82. The monoisotopic (exact) mass is 430 g/mol. The van der Waals surface area contributed by atoms with E-state index in [-0.39, 0.29) is 13.0 Å². The molecule has 30 heavy (non-hydrogen) atoms. The molecule has 0 saturated carbocycles. The van der Waals surface area contributed by atoms with E-state index in [1.807, 2.05) is 5.32 Å². The average Bonchev–Trinajstić information content (AvgIpc) is 2.61. The van der Waals surface area contributed by atoms with Gasteiger partial charge in [-0.1, -0.05) is 6.07 Å². The summed E-state index contributed by atoms with van der Waals surface area (Å²) in [6.07, 6.45) is -4.80. The molecule has 1 unspecified atom stereocenters. The van der Waals surface area contributed by atoms with Crippen LogP contribution in [0.1, 0.15) is 31.4 Å². The van der Waals surface area contributed by atoms with Crippen LogP contribution >= 0.6 is 0 Å². The van der Waals surface area contributed by atoms with Crippen LogP contribution in [0.2, 0.25) is 0 Å². The Balaban J connectivity index is 2.32. The maximum Gasteiger partial charge on any atom is 0.419 e. The van der Waals surface area contributed by atoms with Crippen molar-refractivity contribution in [2.24, 2.45) is 5.92 Å². The van der Waals surface area contributed by atoms with Gasteiger partial charge in [0.25, 0.3) is 0 Å². The molecule has 8 nitrogen and oxygen atoms in total. The number of halogens is 3. The van der Waals surface area contributed by atoms with Crippen LogP contribution in [0.5, 0.6) is 5.75 Å². The molecular formula is C19H21F3N2O6. The van der Waals surface area contributed by atoms with Crippen molar-refractivity contribution in [3.63, 3.8) is 0 Å². The largest absolute Gasteiger partial charge is 0.496 e. The molecule has 0 aliphatic carbocycles. The highest BCUT2D eigenvalue weighted by Gasteiger charge is 2.48. The molecule has 1 fully saturated rings. The maximum atomic E-state index is 13.1. The van der Waals surface area contributed by atoms with Crippen molar-refractivity contribution < 1.29 is 42.2 Å². The Morgan fingerprint density at radius 2 is 1.93 bits per heavy atom. The Labute approximate surface area is 170 Å². The zero-order valence-corrected chi connectivity index (χ0v) is 16.5. The molecule has 1 aliphatic heterocycles. The van der Waals surface area contributed by atoms with E-state index in [0.29, 0.717) is 5.56 Å². The highest BCUT2D eigenvalue weighted by molar-refractivity contribution is 6.20. The van der Waals surface area contributed by atoms with Gasteiger partial charge in [-0.3, -0.25) is 19.2 Å². The van der Waals surface area contributed by atoms with E-state index in [2.05, 4.69) is 0 Å². The van der Waals surface area contributed by atoms with Gasteiger partial charge in [0, 0.05) is 18.5 Å². The molecule has 1 heterocycles. The molecule has 164 valence electrons. The summed E-state index contributed by atoms with van der Waals surface area (Å²) in [6, 6.07) is 3.16. The van der Waals surface area contributed by atoms with Gasteiger partial charge >= 0.3 is 12.1 Å². The van der Waals surface area contributed by atoms with Crippen molar-refractivity contribution in [1.82, 2.24) is 10.2 Å². The Bertz CT molecular complexity index is 882. The zero-order valence-electron chi connectivity index (χ0n) is 16.5. The fourth-order valence-electron chi connectivity index (χ4n) is 3.28. The van der Waals surface area contributed by atoms with Gasteiger partial charge in [0.2, 0.25) is 11.8 Å². The number of piperidine rings is 1. The number of aliphatic carboxylic acids is 1. The van der Waals surface area contributed by atoms with Crippen LogP contribution in [0, 0.1) is 5.92 Å². The number of carbonyl (C=O) groups is 4. The molecule has 0 radical (unpaired) electrons. The van der Waals surface area contributed by atoms with Crippen LogP contribution in [0.25, 0.3) is 0 Å². The average molecular weight is 430 g/mol. The number of ketones is 1. The number of methoxy groups -OCH3 is 1. The van der Waals surface area contributed by atoms with E-state index in [9.17, 15) is 32.3 Å². The summed E-state index contributed by atoms with van der Waals surface area (Å²) < 4.78 is 44.0. The minimum atomic E-state index is -4.62. The summed E-state index contributed by atoms with van der Waals surface area (Å²) in [5.74, 6) is -6.01. The van der Waals surface area contributed by atoms with Crippen molar-refractivity contribution in [3.8, 4) is 5.75 Å². The lowest BCUT2D eigenvalue weighted by Gasteiger charge is -2.44. The van der Waals surface area contributed by atoms with E-state index in [0.717, 1.165) is 19.2 Å². The van der Waals surface area contributed by atoms with Gasteiger partial charge in [-0.15, -0.1) is 0 Å². The number of nitrogens with zero attached hydrogens (tertiary/aromatic N) is 1. The summed E-state index contributed by atoms with van der Waals surface area (Å²) in [4.78, 5) is 49.3. The third kappa shape index (κ3) is 4.89. The van der Waals surface area contributed by atoms with Crippen LogP contribution < -0.4 is 10.1 Å². The van der Waals surface area contributed by atoms with Crippen molar-refractivity contribution in [3.05, 3.63) is 29.3 Å². The Morgan fingerprint density at radius 1 is 1.30 bits per heavy atom. The smallest absolute Gasteiger partial charge is 0.419 e. The molecule has 1 aromatic rings. The Morgan fingerprint density at radius 3 is 2.47 bits per heavy atom. The minimum Gasteiger partial charge on any atom is -0.496 e. The quantitative estimate of drug-likeness (QED) is 0.663. The second-order valence-corrected chi connectivity index (χ2v) is 7.46. The van der Waals surface area contributed by atoms with Crippen LogP contribution in [-0.4, -0.2) is 52.8 Å². The molecule has 0 spiro atoms. The lowest BCUT2D eigenvalue weighted by Crippen LogP contribution is -2.60. The maximum absolute atomic E-state index is 13.1. The van der Waals surface area contributed by atoms with Gasteiger partial charge in [-0.2, -0.15) is 13.2 Å². The highest BCUT2D eigenvalue weighted by Crippen LogP contribution is 2.37. The van der Waals surface area contributed by atoms with E-state index in [1.54, 1.807) is 13.8 Å². The number of carbonyl (C=O) groups excluding carboxylic acids is 3. The molecule has 0 aromatic heterocycles. The van der Waals surface area contributed by atoms with Gasteiger partial charge in [0.15, 0.2) is 11.7 Å². The predicted molar refractivity (Wildman–Crippen MR) is 96.4 cm³/mol. The number of alkyl halides is 3. The molecule has 2 N–H and O–H groups in total. The second kappa shape index (κ2) is 8.33. The van der Waals surface area contributed by atoms with E-state index in [1.165, 1.54) is 11.0 Å². The lowest BCUT2D eigenvalue weighted by molar-refractivity contribution is -0.158. The number of rotatable bonds is 6. The van der Waals surface area contributed by atoms with E-state index >= 15 is 0 Å². The number of likely N-dealkylation sites (tertiary alicyclic amines) is 1. The molecule has 1 saturated heterocycles. The highest BCUT2D eigenvalue weighted by atomic mass is 19.4. The number of Topliss-reactive ketones (excluding diaryl/α,β-unsaturated/α-hetero) is 1. The zero-order chi connectivity index (χ0) is 22.9. The number of benzene rings is 1. The summed E-state index contributed by atoms with van der Waals surface area (Å²) in [5.41, 5.74) is -1.67. The predicted octanol–water partition coefficient (Wildman–Crippen LogP) is 1.61.